The number of benzene rings is 3. The molecule has 1 N–H and O–H groups in total. The molecule has 1 amide bonds. The Labute approximate surface area is 206 Å². The molecule has 1 aliphatic carbocycles. The van der Waals surface area contributed by atoms with E-state index in [0.29, 0.717) is 17.6 Å². The normalized spacial score (nSPS) is 14.3. The third-order valence-electron chi connectivity index (χ3n) is 6.44. The van der Waals surface area contributed by atoms with Crippen LogP contribution in [0.15, 0.2) is 65.8 Å². The summed E-state index contributed by atoms with van der Waals surface area (Å²) in [5, 5.41) is 14.6. The number of halogens is 2. The number of thioether (sulfide) groups is 1. The number of aromatic nitrogens is 3. The standard InChI is InChI=1S/C27H26F2N4OS/c28-20-13-14-24(23(29)16-20)30-26(34)17-35-27-32-31-25(33(27)21-10-2-1-3-11-21)15-19-9-6-8-18-7-4-5-12-22(18)19/h4-9,12-14,16,21H,1-3,10-11,15,17H2,(H,30,34). The quantitative estimate of drug-likeness (QED) is 0.298. The Bertz CT molecular complexity index is 1350. The molecule has 0 radical (unpaired) electrons. The summed E-state index contributed by atoms with van der Waals surface area (Å²) in [6.45, 7) is 0. The Kier molecular flexibility index (Phi) is 7.08. The zero-order valence-electron chi connectivity index (χ0n) is 19.2. The Morgan fingerprint density at radius 3 is 2.63 bits per heavy atom. The largest absolute Gasteiger partial charge is 0.323 e. The van der Waals surface area contributed by atoms with Crippen molar-refractivity contribution in [2.75, 3.05) is 11.1 Å². The van der Waals surface area contributed by atoms with E-state index in [0.717, 1.165) is 43.6 Å². The third-order valence-corrected chi connectivity index (χ3v) is 7.38. The number of hydrogen-bond acceptors (Lipinski definition) is 4. The molecule has 1 aliphatic rings. The second kappa shape index (κ2) is 10.6. The summed E-state index contributed by atoms with van der Waals surface area (Å²) < 4.78 is 29.3. The minimum atomic E-state index is -0.800. The fourth-order valence-corrected chi connectivity index (χ4v) is 5.58. The van der Waals surface area contributed by atoms with E-state index in [2.05, 4.69) is 50.4 Å². The van der Waals surface area contributed by atoms with Crippen LogP contribution in [0.25, 0.3) is 10.8 Å². The molecule has 5 nitrogen and oxygen atoms in total. The maximum atomic E-state index is 13.9. The van der Waals surface area contributed by atoms with Crippen LogP contribution >= 0.6 is 11.8 Å². The maximum absolute atomic E-state index is 13.9. The number of rotatable bonds is 7. The van der Waals surface area contributed by atoms with Crippen LogP contribution < -0.4 is 5.32 Å². The van der Waals surface area contributed by atoms with Crippen molar-refractivity contribution in [1.82, 2.24) is 14.8 Å². The molecule has 3 aromatic carbocycles. The van der Waals surface area contributed by atoms with E-state index in [1.54, 1.807) is 0 Å². The Hall–Kier alpha value is -3.26. The molecule has 0 saturated heterocycles. The number of nitrogens with zero attached hydrogens (tertiary/aromatic N) is 3. The molecule has 4 aromatic rings. The first-order chi connectivity index (χ1) is 17.1. The Balaban J connectivity index is 1.37. The van der Waals surface area contributed by atoms with Gasteiger partial charge in [0.25, 0.3) is 0 Å². The van der Waals surface area contributed by atoms with Crippen LogP contribution in [0.4, 0.5) is 14.5 Å². The molecule has 0 bridgehead atoms. The molecule has 0 atom stereocenters. The van der Waals surface area contributed by atoms with Gasteiger partial charge in [0.2, 0.25) is 5.91 Å². The van der Waals surface area contributed by atoms with Crippen molar-refractivity contribution < 1.29 is 13.6 Å². The highest BCUT2D eigenvalue weighted by atomic mass is 32.2. The zero-order valence-corrected chi connectivity index (χ0v) is 20.0. The number of hydrogen-bond donors (Lipinski definition) is 1. The predicted octanol–water partition coefficient (Wildman–Crippen LogP) is 6.54. The van der Waals surface area contributed by atoms with Gasteiger partial charge in [0.05, 0.1) is 11.4 Å². The molecule has 1 fully saturated rings. The van der Waals surface area contributed by atoms with E-state index in [1.807, 2.05) is 12.1 Å². The van der Waals surface area contributed by atoms with Crippen LogP contribution in [0.2, 0.25) is 0 Å². The number of amides is 1. The lowest BCUT2D eigenvalue weighted by Gasteiger charge is -2.25. The van der Waals surface area contributed by atoms with Gasteiger partial charge in [-0.2, -0.15) is 0 Å². The number of carbonyl (C=O) groups excluding carboxylic acids is 1. The highest BCUT2D eigenvalue weighted by Crippen LogP contribution is 2.34. The third kappa shape index (κ3) is 5.37. The van der Waals surface area contributed by atoms with Gasteiger partial charge in [-0.05, 0) is 41.3 Å². The maximum Gasteiger partial charge on any atom is 0.234 e. The van der Waals surface area contributed by atoms with E-state index in [1.165, 1.54) is 40.6 Å². The summed E-state index contributed by atoms with van der Waals surface area (Å²) in [6.07, 6.45) is 6.31. The van der Waals surface area contributed by atoms with Crippen LogP contribution in [-0.4, -0.2) is 26.4 Å². The van der Waals surface area contributed by atoms with E-state index >= 15 is 0 Å². The van der Waals surface area contributed by atoms with E-state index < -0.39 is 11.6 Å². The summed E-state index contributed by atoms with van der Waals surface area (Å²) in [5.41, 5.74) is 1.15. The van der Waals surface area contributed by atoms with E-state index in [4.69, 9.17) is 0 Å². The van der Waals surface area contributed by atoms with Crippen molar-refractivity contribution in [3.05, 3.63) is 83.7 Å². The Morgan fingerprint density at radius 1 is 1.00 bits per heavy atom. The molecule has 180 valence electrons. The van der Waals surface area contributed by atoms with Gasteiger partial charge in [0, 0.05) is 18.5 Å². The number of anilines is 1. The van der Waals surface area contributed by atoms with Gasteiger partial charge in [-0.25, -0.2) is 8.78 Å². The average Bonchev–Trinajstić information content (AvgIpc) is 3.27. The highest BCUT2D eigenvalue weighted by Gasteiger charge is 2.24. The minimum Gasteiger partial charge on any atom is -0.323 e. The minimum absolute atomic E-state index is 0.0395. The van der Waals surface area contributed by atoms with E-state index in [9.17, 15) is 13.6 Å². The van der Waals surface area contributed by atoms with Gasteiger partial charge in [-0.3, -0.25) is 4.79 Å². The zero-order chi connectivity index (χ0) is 24.2. The van der Waals surface area contributed by atoms with Gasteiger partial charge in [0.1, 0.15) is 17.5 Å². The SMILES string of the molecule is O=C(CSc1nnc(Cc2cccc3ccccc23)n1C1CCCCC1)Nc1ccc(F)cc1F. The number of carbonyl (C=O) groups is 1. The van der Waals surface area contributed by atoms with Crippen molar-refractivity contribution in [2.45, 2.75) is 49.7 Å². The molecule has 1 saturated carbocycles. The molecule has 0 unspecified atom stereocenters. The molecule has 1 heterocycles. The Morgan fingerprint density at radius 2 is 1.80 bits per heavy atom. The van der Waals surface area contributed by atoms with Crippen molar-refractivity contribution >= 4 is 34.1 Å². The van der Waals surface area contributed by atoms with Gasteiger partial charge < -0.3 is 9.88 Å². The molecule has 35 heavy (non-hydrogen) atoms. The lowest BCUT2D eigenvalue weighted by atomic mass is 9.95. The molecule has 0 spiro atoms. The van der Waals surface area contributed by atoms with Gasteiger partial charge in [0.15, 0.2) is 5.16 Å². The van der Waals surface area contributed by atoms with Crippen LogP contribution in [0.5, 0.6) is 0 Å². The van der Waals surface area contributed by atoms with Gasteiger partial charge in [-0.15, -0.1) is 10.2 Å². The molecule has 1 aromatic heterocycles. The highest BCUT2D eigenvalue weighted by molar-refractivity contribution is 7.99. The van der Waals surface area contributed by atoms with Crippen molar-refractivity contribution in [2.24, 2.45) is 0 Å². The molecule has 5 rings (SSSR count). The van der Waals surface area contributed by atoms with Crippen molar-refractivity contribution in [1.29, 1.82) is 0 Å². The van der Waals surface area contributed by atoms with Gasteiger partial charge >= 0.3 is 0 Å². The first-order valence-electron chi connectivity index (χ1n) is 11.9. The fourth-order valence-electron chi connectivity index (χ4n) is 4.76. The van der Waals surface area contributed by atoms with Crippen molar-refractivity contribution in [3.63, 3.8) is 0 Å². The second-order valence-corrected chi connectivity index (χ2v) is 9.78. The average molecular weight is 493 g/mol. The first kappa shape index (κ1) is 23.5. The summed E-state index contributed by atoms with van der Waals surface area (Å²) in [7, 11) is 0. The second-order valence-electron chi connectivity index (χ2n) is 8.84. The molecular formula is C27H26F2N4OS. The van der Waals surface area contributed by atoms with E-state index in [-0.39, 0.29) is 17.3 Å². The van der Waals surface area contributed by atoms with Crippen LogP contribution in [0.1, 0.15) is 49.5 Å². The van der Waals surface area contributed by atoms with Crippen LogP contribution in [0.3, 0.4) is 0 Å². The molecule has 0 aliphatic heterocycles. The number of fused-ring (bicyclic) bond motifs is 1. The van der Waals surface area contributed by atoms with Gasteiger partial charge in [-0.1, -0.05) is 73.5 Å². The fraction of sp³-hybridized carbons (Fsp3) is 0.296. The molecular weight excluding hydrogens is 466 g/mol. The van der Waals surface area contributed by atoms with Crippen LogP contribution in [0, 0.1) is 11.6 Å². The van der Waals surface area contributed by atoms with Crippen molar-refractivity contribution in [3.8, 4) is 0 Å². The topological polar surface area (TPSA) is 59.8 Å². The smallest absolute Gasteiger partial charge is 0.234 e. The monoisotopic (exact) mass is 492 g/mol. The lowest BCUT2D eigenvalue weighted by Crippen LogP contribution is -2.19. The lowest BCUT2D eigenvalue weighted by molar-refractivity contribution is -0.113. The summed E-state index contributed by atoms with van der Waals surface area (Å²) in [5.74, 6) is -0.925. The summed E-state index contributed by atoms with van der Waals surface area (Å²) in [4.78, 5) is 12.5. The molecule has 8 heteroatoms. The first-order valence-corrected chi connectivity index (χ1v) is 12.8. The predicted molar refractivity (Wildman–Crippen MR) is 135 cm³/mol. The number of nitrogens with one attached hydrogen (secondary N) is 1. The summed E-state index contributed by atoms with van der Waals surface area (Å²) in [6, 6.07) is 18.0. The summed E-state index contributed by atoms with van der Waals surface area (Å²) >= 11 is 1.29. The van der Waals surface area contributed by atoms with Crippen LogP contribution in [-0.2, 0) is 11.2 Å².